The van der Waals surface area contributed by atoms with Gasteiger partial charge in [0.25, 0.3) is 0 Å². The van der Waals surface area contributed by atoms with Gasteiger partial charge in [0, 0.05) is 0 Å². The summed E-state index contributed by atoms with van der Waals surface area (Å²) in [6.45, 7) is 6.53. The maximum atomic E-state index is 10.9. The summed E-state index contributed by atoms with van der Waals surface area (Å²) in [5.74, 6) is 0.710. The van der Waals surface area contributed by atoms with E-state index in [1.807, 2.05) is 18.2 Å². The van der Waals surface area contributed by atoms with Gasteiger partial charge < -0.3 is 15.3 Å². The predicted molar refractivity (Wildman–Crippen MR) is 330 cm³/mol. The zero-order chi connectivity index (χ0) is 54.5. The average Bonchev–Trinajstić information content (AvgIpc) is 4.07. The fraction of sp³-hybridized carbons (Fsp3) is 0.0769. The quantitative estimate of drug-likeness (QED) is 0.156. The molecule has 13 aromatic rings. The van der Waals surface area contributed by atoms with Crippen molar-refractivity contribution in [3.8, 4) is 50.6 Å². The molecule has 0 amide bonds. The van der Waals surface area contributed by atoms with Gasteiger partial charge >= 0.3 is 0 Å². The highest BCUT2D eigenvalue weighted by atomic mass is 16.3. The van der Waals surface area contributed by atoms with Crippen molar-refractivity contribution >= 4 is 32.3 Å². The van der Waals surface area contributed by atoms with Crippen molar-refractivity contribution in [1.82, 2.24) is 0 Å². The first kappa shape index (κ1) is 47.1. The first-order valence-electron chi connectivity index (χ1n) is 28.0. The molecule has 0 heterocycles. The lowest BCUT2D eigenvalue weighted by atomic mass is 9.60. The molecule has 3 heteroatoms. The standard InChI is InChI=1S/C78H54O3/c1-46-16-28-55(29-17-46)76(58-34-22-52-43-61(79)37-25-49(52)40-58)67-13-7-4-10-64(67)70-73(76)71-65-11-5-8-14-68(65)77(56-30-18-47(2)19-31-56,59-35-23-53-44-62(80)38-26-50(53)41-59)75(71)72-66-12-6-9-15-69(66)78(74(70)72,57-32-20-48(3)21-33-57)60-36-24-54-45-63(81)39-27-51(54)42-60/h4-45,79-81H,1-3H3. The predicted octanol–water partition coefficient (Wildman–Crippen LogP) is 18.3. The highest BCUT2D eigenvalue weighted by Crippen LogP contribution is 2.73. The Hall–Kier alpha value is -9.96. The second-order valence-electron chi connectivity index (χ2n) is 23.0. The van der Waals surface area contributed by atoms with E-state index in [2.05, 4.69) is 239 Å². The monoisotopic (exact) mass is 1040 g/mol. The van der Waals surface area contributed by atoms with Gasteiger partial charge in [0.1, 0.15) is 17.2 Å². The number of aryl methyl sites for hydroxylation is 3. The van der Waals surface area contributed by atoms with Crippen molar-refractivity contribution in [2.24, 2.45) is 0 Å². The fourth-order valence-corrected chi connectivity index (χ4v) is 15.3. The number of rotatable bonds is 6. The van der Waals surface area contributed by atoms with Crippen LogP contribution in [-0.4, -0.2) is 15.3 Å². The van der Waals surface area contributed by atoms with Gasteiger partial charge in [-0.3, -0.25) is 0 Å². The van der Waals surface area contributed by atoms with Crippen LogP contribution in [0.15, 0.2) is 255 Å². The van der Waals surface area contributed by atoms with Gasteiger partial charge in [0.05, 0.1) is 16.2 Å². The van der Waals surface area contributed by atoms with Gasteiger partial charge in [-0.05, 0) is 208 Å². The average molecular weight is 1040 g/mol. The summed E-state index contributed by atoms with van der Waals surface area (Å²) in [5.41, 5.74) is 22.3. The van der Waals surface area contributed by atoms with Crippen LogP contribution >= 0.6 is 0 Å². The molecule has 0 radical (unpaired) electrons. The van der Waals surface area contributed by atoms with Crippen LogP contribution in [0.4, 0.5) is 0 Å². The maximum Gasteiger partial charge on any atom is 0.116 e. The van der Waals surface area contributed by atoms with E-state index in [9.17, 15) is 15.3 Å². The van der Waals surface area contributed by atoms with Crippen LogP contribution < -0.4 is 0 Å². The number of benzene rings is 13. The molecule has 13 aromatic carbocycles. The second kappa shape index (κ2) is 17.0. The molecule has 384 valence electrons. The molecule has 81 heavy (non-hydrogen) atoms. The first-order valence-corrected chi connectivity index (χ1v) is 28.0. The lowest BCUT2D eigenvalue weighted by molar-refractivity contribution is 0.475. The molecule has 3 atom stereocenters. The van der Waals surface area contributed by atoms with E-state index >= 15 is 0 Å². The molecule has 3 aliphatic carbocycles. The van der Waals surface area contributed by atoms with E-state index in [0.717, 1.165) is 65.7 Å². The third-order valence-electron chi connectivity index (χ3n) is 18.7. The zero-order valence-corrected chi connectivity index (χ0v) is 45.1. The number of aromatic hydroxyl groups is 3. The second-order valence-corrected chi connectivity index (χ2v) is 23.0. The Labute approximate surface area is 471 Å². The van der Waals surface area contributed by atoms with Crippen molar-refractivity contribution in [3.63, 3.8) is 0 Å². The maximum absolute atomic E-state index is 10.9. The lowest BCUT2D eigenvalue weighted by Crippen LogP contribution is -2.33. The number of fused-ring (bicyclic) bond motifs is 15. The van der Waals surface area contributed by atoms with Crippen LogP contribution in [0.25, 0.3) is 65.7 Å². The number of hydrogen-bond donors (Lipinski definition) is 3. The van der Waals surface area contributed by atoms with Crippen molar-refractivity contribution in [1.29, 1.82) is 0 Å². The van der Waals surface area contributed by atoms with Gasteiger partial charge in [-0.2, -0.15) is 0 Å². The molecular formula is C78H54O3. The number of phenols is 3. The van der Waals surface area contributed by atoms with E-state index in [1.165, 1.54) is 83.5 Å². The van der Waals surface area contributed by atoms with Crippen LogP contribution in [0.2, 0.25) is 0 Å². The molecule has 3 aliphatic rings. The normalized spacial score (nSPS) is 18.1. The molecule has 0 bridgehead atoms. The van der Waals surface area contributed by atoms with Crippen molar-refractivity contribution in [2.75, 3.05) is 0 Å². The van der Waals surface area contributed by atoms with E-state index in [1.54, 1.807) is 18.2 Å². The molecule has 0 saturated heterocycles. The Bertz CT molecular complexity index is 4310. The minimum absolute atomic E-state index is 0.237. The topological polar surface area (TPSA) is 60.7 Å². The van der Waals surface area contributed by atoms with Crippen molar-refractivity contribution in [2.45, 2.75) is 37.0 Å². The third kappa shape index (κ3) is 6.29. The SMILES string of the molecule is Cc1ccc(C2(c3ccc4cc(O)ccc4c3)c3ccccc3-c3c2c2c(c4c3C(c3ccc(C)cc3)(c3ccc5cc(O)ccc5c3)c3ccccc3-4)C(c3ccc(C)cc3)(c3ccc4cc(O)ccc4c3)c3ccccc3-2)cc1. The lowest BCUT2D eigenvalue weighted by Gasteiger charge is -2.40. The minimum Gasteiger partial charge on any atom is -0.508 e. The molecule has 0 spiro atoms. The Balaban J connectivity index is 1.21. The minimum atomic E-state index is -0.906. The molecule has 16 rings (SSSR count). The highest BCUT2D eigenvalue weighted by Gasteiger charge is 2.61. The number of phenolic OH excluding ortho intramolecular Hbond substituents is 3. The third-order valence-corrected chi connectivity index (χ3v) is 18.7. The molecule has 3 N–H and O–H groups in total. The molecule has 0 aliphatic heterocycles. The summed E-state index contributed by atoms with van der Waals surface area (Å²) in [4.78, 5) is 0. The van der Waals surface area contributed by atoms with Gasteiger partial charge in [0.2, 0.25) is 0 Å². The summed E-state index contributed by atoms with van der Waals surface area (Å²) in [6.07, 6.45) is 0. The van der Waals surface area contributed by atoms with Crippen LogP contribution in [0.3, 0.4) is 0 Å². The summed E-state index contributed by atoms with van der Waals surface area (Å²) in [7, 11) is 0. The highest BCUT2D eigenvalue weighted by molar-refractivity contribution is 6.10. The van der Waals surface area contributed by atoms with E-state index in [-0.39, 0.29) is 17.2 Å². The van der Waals surface area contributed by atoms with Crippen LogP contribution in [0, 0.1) is 20.8 Å². The van der Waals surface area contributed by atoms with E-state index in [0.29, 0.717) is 0 Å². The molecular weight excluding hydrogens is 985 g/mol. The van der Waals surface area contributed by atoms with Crippen LogP contribution in [0.1, 0.15) is 83.5 Å². The smallest absolute Gasteiger partial charge is 0.116 e. The van der Waals surface area contributed by atoms with Gasteiger partial charge in [0.15, 0.2) is 0 Å². The Morgan fingerprint density at radius 3 is 0.753 bits per heavy atom. The summed E-state index contributed by atoms with van der Waals surface area (Å²) >= 11 is 0. The Morgan fingerprint density at radius 1 is 0.235 bits per heavy atom. The zero-order valence-electron chi connectivity index (χ0n) is 45.1. The molecule has 0 fully saturated rings. The van der Waals surface area contributed by atoms with E-state index < -0.39 is 16.2 Å². The van der Waals surface area contributed by atoms with Gasteiger partial charge in [-0.25, -0.2) is 0 Å². The summed E-state index contributed by atoms with van der Waals surface area (Å²) < 4.78 is 0. The largest absolute Gasteiger partial charge is 0.508 e. The fourth-order valence-electron chi connectivity index (χ4n) is 15.3. The van der Waals surface area contributed by atoms with Crippen LogP contribution in [0.5, 0.6) is 17.2 Å². The molecule has 0 saturated carbocycles. The van der Waals surface area contributed by atoms with E-state index in [4.69, 9.17) is 0 Å². The van der Waals surface area contributed by atoms with Crippen LogP contribution in [-0.2, 0) is 16.2 Å². The summed E-state index contributed by atoms with van der Waals surface area (Å²) in [5, 5.41) is 38.8. The molecule has 3 unspecified atom stereocenters. The van der Waals surface area contributed by atoms with Crippen molar-refractivity contribution < 1.29 is 15.3 Å². The van der Waals surface area contributed by atoms with Gasteiger partial charge in [-0.1, -0.05) is 217 Å². The summed E-state index contributed by atoms with van der Waals surface area (Å²) in [6, 6.07) is 93.5. The Kier molecular flexibility index (Phi) is 9.89. The molecule has 0 aromatic heterocycles. The number of hydrogen-bond acceptors (Lipinski definition) is 3. The van der Waals surface area contributed by atoms with Gasteiger partial charge in [-0.15, -0.1) is 0 Å². The van der Waals surface area contributed by atoms with Crippen molar-refractivity contribution in [3.05, 3.63) is 338 Å². The Morgan fingerprint density at radius 2 is 0.469 bits per heavy atom. The molecule has 3 nitrogen and oxygen atoms in total. The first-order chi connectivity index (χ1) is 39.6.